The highest BCUT2D eigenvalue weighted by molar-refractivity contribution is 5.37. The van der Waals surface area contributed by atoms with Crippen LogP contribution >= 0.6 is 0 Å². The number of nitrogens with zero attached hydrogens (tertiary/aromatic N) is 1. The third kappa shape index (κ3) is 5.70. The molecular weight excluding hydrogens is 257 g/mol. The van der Waals surface area contributed by atoms with Crippen molar-refractivity contribution >= 4 is 0 Å². The Morgan fingerprint density at radius 3 is 2.70 bits per heavy atom. The van der Waals surface area contributed by atoms with Crippen molar-refractivity contribution in [1.82, 2.24) is 4.90 Å². The van der Waals surface area contributed by atoms with Crippen LogP contribution in [0.5, 0.6) is 0 Å². The molecule has 0 saturated carbocycles. The van der Waals surface area contributed by atoms with E-state index in [9.17, 15) is 4.39 Å². The van der Waals surface area contributed by atoms with Gasteiger partial charge in [0.1, 0.15) is 12.4 Å². The molecule has 110 valence electrons. The number of ether oxygens (including phenoxy) is 1. The molecular formula is C16H22FNO2. The van der Waals surface area contributed by atoms with Crippen molar-refractivity contribution in [2.45, 2.75) is 26.4 Å². The molecule has 1 aromatic carbocycles. The van der Waals surface area contributed by atoms with Gasteiger partial charge in [-0.05, 0) is 37.6 Å². The number of aliphatic hydroxyl groups excluding tert-OH is 1. The average molecular weight is 279 g/mol. The van der Waals surface area contributed by atoms with Gasteiger partial charge in [-0.3, -0.25) is 4.90 Å². The first-order valence-electron chi connectivity index (χ1n) is 6.69. The van der Waals surface area contributed by atoms with Gasteiger partial charge >= 0.3 is 0 Å². The predicted molar refractivity (Wildman–Crippen MR) is 77.8 cm³/mol. The Labute approximate surface area is 120 Å². The Kier molecular flexibility index (Phi) is 7.24. The Balaban J connectivity index is 2.86. The molecule has 0 spiro atoms. The minimum atomic E-state index is -0.305. The predicted octanol–water partition coefficient (Wildman–Crippen LogP) is 2.03. The van der Waals surface area contributed by atoms with Gasteiger partial charge in [0.2, 0.25) is 0 Å². The van der Waals surface area contributed by atoms with E-state index in [2.05, 4.69) is 30.6 Å². The van der Waals surface area contributed by atoms with E-state index in [0.29, 0.717) is 24.8 Å². The van der Waals surface area contributed by atoms with Crippen molar-refractivity contribution < 1.29 is 14.2 Å². The Bertz CT molecular complexity index is 477. The smallest absolute Gasteiger partial charge is 0.124 e. The Hall–Kier alpha value is -1.41. The van der Waals surface area contributed by atoms with Gasteiger partial charge in [-0.15, -0.1) is 0 Å². The monoisotopic (exact) mass is 279 g/mol. The van der Waals surface area contributed by atoms with Gasteiger partial charge in [-0.1, -0.05) is 11.8 Å². The van der Waals surface area contributed by atoms with Gasteiger partial charge in [0.25, 0.3) is 0 Å². The summed E-state index contributed by atoms with van der Waals surface area (Å²) in [4.78, 5) is 2.21. The quantitative estimate of drug-likeness (QED) is 0.809. The molecule has 1 rings (SSSR count). The largest absolute Gasteiger partial charge is 0.384 e. The molecule has 0 bridgehead atoms. The molecule has 1 aromatic rings. The second-order valence-corrected chi connectivity index (χ2v) is 4.87. The Morgan fingerprint density at radius 2 is 2.10 bits per heavy atom. The minimum absolute atomic E-state index is 0.224. The highest BCUT2D eigenvalue weighted by Crippen LogP contribution is 2.13. The molecule has 3 nitrogen and oxygen atoms in total. The average Bonchev–Trinajstić information content (AvgIpc) is 2.40. The summed E-state index contributed by atoms with van der Waals surface area (Å²) in [6.45, 7) is 6.06. The lowest BCUT2D eigenvalue weighted by atomic mass is 10.1. The van der Waals surface area contributed by atoms with Gasteiger partial charge in [0.05, 0.1) is 6.61 Å². The van der Waals surface area contributed by atoms with E-state index in [-0.39, 0.29) is 12.4 Å². The number of benzene rings is 1. The van der Waals surface area contributed by atoms with E-state index in [4.69, 9.17) is 9.84 Å². The molecule has 0 aliphatic carbocycles. The van der Waals surface area contributed by atoms with E-state index in [0.717, 1.165) is 12.1 Å². The molecule has 0 aliphatic heterocycles. The summed E-state index contributed by atoms with van der Waals surface area (Å²) in [7, 11) is 1.67. The first-order chi connectivity index (χ1) is 9.56. The molecule has 0 aromatic heterocycles. The maximum Gasteiger partial charge on any atom is 0.124 e. The van der Waals surface area contributed by atoms with Crippen LogP contribution < -0.4 is 0 Å². The van der Waals surface area contributed by atoms with Gasteiger partial charge in [0.15, 0.2) is 0 Å². The minimum Gasteiger partial charge on any atom is -0.384 e. The summed E-state index contributed by atoms with van der Waals surface area (Å²) < 4.78 is 18.7. The summed E-state index contributed by atoms with van der Waals surface area (Å²) in [5, 5.41) is 8.69. The maximum absolute atomic E-state index is 13.6. The number of hydrogen-bond donors (Lipinski definition) is 1. The first-order valence-corrected chi connectivity index (χ1v) is 6.69. The molecule has 0 aliphatic rings. The highest BCUT2D eigenvalue weighted by atomic mass is 19.1. The molecule has 0 radical (unpaired) electrons. The number of hydrogen-bond acceptors (Lipinski definition) is 3. The van der Waals surface area contributed by atoms with Crippen LogP contribution in [0.4, 0.5) is 4.39 Å². The topological polar surface area (TPSA) is 32.7 Å². The Morgan fingerprint density at radius 1 is 1.35 bits per heavy atom. The SMILES string of the molecule is COCCN(Cc1cc(F)cc(C#CCO)c1)C(C)C. The molecule has 0 saturated heterocycles. The second-order valence-electron chi connectivity index (χ2n) is 4.87. The van der Waals surface area contributed by atoms with Crippen molar-refractivity contribution in [3.8, 4) is 11.8 Å². The molecule has 0 heterocycles. The zero-order valence-electron chi connectivity index (χ0n) is 12.3. The molecule has 0 fully saturated rings. The third-order valence-electron chi connectivity index (χ3n) is 2.97. The lowest BCUT2D eigenvalue weighted by molar-refractivity contribution is 0.125. The van der Waals surface area contributed by atoms with Crippen LogP contribution in [0.3, 0.4) is 0 Å². The normalized spacial score (nSPS) is 10.8. The second kappa shape index (κ2) is 8.70. The molecule has 0 unspecified atom stereocenters. The fourth-order valence-electron chi connectivity index (χ4n) is 1.92. The lowest BCUT2D eigenvalue weighted by Gasteiger charge is -2.26. The van der Waals surface area contributed by atoms with Crippen LogP contribution in [-0.2, 0) is 11.3 Å². The molecule has 4 heteroatoms. The summed E-state index contributed by atoms with van der Waals surface area (Å²) in [6, 6.07) is 5.10. The van der Waals surface area contributed by atoms with Crippen LogP contribution in [0.25, 0.3) is 0 Å². The maximum atomic E-state index is 13.6. The molecule has 1 N–H and O–H groups in total. The van der Waals surface area contributed by atoms with Crippen molar-refractivity contribution in [2.24, 2.45) is 0 Å². The van der Waals surface area contributed by atoms with Crippen LogP contribution in [-0.4, -0.2) is 42.9 Å². The fraction of sp³-hybridized carbons (Fsp3) is 0.500. The summed E-state index contributed by atoms with van der Waals surface area (Å²) in [5.41, 5.74) is 1.46. The van der Waals surface area contributed by atoms with Gasteiger partial charge in [0, 0.05) is 31.8 Å². The van der Waals surface area contributed by atoms with Gasteiger partial charge < -0.3 is 9.84 Å². The van der Waals surface area contributed by atoms with Gasteiger partial charge in [-0.25, -0.2) is 4.39 Å². The first kappa shape index (κ1) is 16.6. The molecule has 0 amide bonds. The van der Waals surface area contributed by atoms with E-state index in [1.165, 1.54) is 12.1 Å². The number of rotatable bonds is 6. The summed E-state index contributed by atoms with van der Waals surface area (Å²) in [5.74, 6) is 4.97. The zero-order valence-corrected chi connectivity index (χ0v) is 12.3. The molecule has 20 heavy (non-hydrogen) atoms. The molecule has 0 atom stereocenters. The lowest BCUT2D eigenvalue weighted by Crippen LogP contribution is -2.33. The van der Waals surface area contributed by atoms with Crippen molar-refractivity contribution in [3.63, 3.8) is 0 Å². The third-order valence-corrected chi connectivity index (χ3v) is 2.97. The van der Waals surface area contributed by atoms with Crippen LogP contribution in [0.2, 0.25) is 0 Å². The van der Waals surface area contributed by atoms with E-state index < -0.39 is 0 Å². The van der Waals surface area contributed by atoms with Crippen molar-refractivity contribution in [3.05, 3.63) is 35.1 Å². The van der Waals surface area contributed by atoms with Crippen LogP contribution in [0.1, 0.15) is 25.0 Å². The van der Waals surface area contributed by atoms with Crippen molar-refractivity contribution in [1.29, 1.82) is 0 Å². The highest BCUT2D eigenvalue weighted by Gasteiger charge is 2.11. The van der Waals surface area contributed by atoms with Crippen LogP contribution in [0.15, 0.2) is 18.2 Å². The van der Waals surface area contributed by atoms with Crippen LogP contribution in [0, 0.1) is 17.7 Å². The standard InChI is InChI=1S/C16H22FNO2/c1-13(2)18(6-8-20-3)12-15-9-14(5-4-7-19)10-16(17)11-15/h9-11,13,19H,6-8,12H2,1-3H3. The number of methoxy groups -OCH3 is 1. The van der Waals surface area contributed by atoms with E-state index >= 15 is 0 Å². The van der Waals surface area contributed by atoms with E-state index in [1.54, 1.807) is 7.11 Å². The summed E-state index contributed by atoms with van der Waals surface area (Å²) >= 11 is 0. The van der Waals surface area contributed by atoms with Crippen molar-refractivity contribution in [2.75, 3.05) is 26.9 Å². The zero-order chi connectivity index (χ0) is 15.0. The summed E-state index contributed by atoms with van der Waals surface area (Å²) in [6.07, 6.45) is 0. The number of aliphatic hydroxyl groups is 1. The number of halogens is 1. The fourth-order valence-corrected chi connectivity index (χ4v) is 1.92. The van der Waals surface area contributed by atoms with Gasteiger partial charge in [-0.2, -0.15) is 0 Å². The van der Waals surface area contributed by atoms with E-state index in [1.807, 2.05) is 6.07 Å².